The molecular weight excluding hydrogens is 252 g/mol. The highest BCUT2D eigenvalue weighted by Gasteiger charge is 1.97. The molecule has 3 heteroatoms. The summed E-state index contributed by atoms with van der Waals surface area (Å²) >= 11 is 0. The van der Waals surface area contributed by atoms with E-state index in [1.807, 2.05) is 13.0 Å². The van der Waals surface area contributed by atoms with E-state index in [0.717, 1.165) is 19.3 Å². The molecule has 0 aromatic carbocycles. The van der Waals surface area contributed by atoms with E-state index >= 15 is 0 Å². The quantitative estimate of drug-likeness (QED) is 0.481. The lowest BCUT2D eigenvalue weighted by Gasteiger charge is -2.05. The Bertz CT molecular complexity index is 276. The Morgan fingerprint density at radius 3 is 2.25 bits per heavy atom. The highest BCUT2D eigenvalue weighted by Crippen LogP contribution is 2.12. The first-order valence-corrected chi connectivity index (χ1v) is 7.56. The van der Waals surface area contributed by atoms with Crippen LogP contribution in [0.1, 0.15) is 66.2 Å². The minimum absolute atomic E-state index is 0.147. The molecule has 0 saturated heterocycles. The maximum Gasteiger partial charge on any atom is 0.307 e. The van der Waals surface area contributed by atoms with Gasteiger partial charge < -0.3 is 10.2 Å². The van der Waals surface area contributed by atoms with Crippen LogP contribution in [-0.4, -0.2) is 22.8 Å². The lowest BCUT2D eigenvalue weighted by molar-refractivity contribution is -0.136. The Hall–Kier alpha value is -1.09. The van der Waals surface area contributed by atoms with E-state index in [4.69, 9.17) is 10.2 Å². The molecule has 3 nitrogen and oxygen atoms in total. The molecule has 1 unspecified atom stereocenters. The van der Waals surface area contributed by atoms with Crippen LogP contribution >= 0.6 is 0 Å². The molecule has 2 N–H and O–H groups in total. The van der Waals surface area contributed by atoms with Crippen molar-refractivity contribution < 1.29 is 15.0 Å². The Balaban J connectivity index is 0. The molecule has 0 saturated carbocycles. The smallest absolute Gasteiger partial charge is 0.307 e. The fourth-order valence-corrected chi connectivity index (χ4v) is 1.76. The number of hydrogen-bond donors (Lipinski definition) is 2. The van der Waals surface area contributed by atoms with Crippen molar-refractivity contribution in [1.29, 1.82) is 0 Å². The highest BCUT2D eigenvalue weighted by atomic mass is 16.4. The van der Waals surface area contributed by atoms with Gasteiger partial charge >= 0.3 is 5.97 Å². The summed E-state index contributed by atoms with van der Waals surface area (Å²) in [5, 5.41) is 16.7. The number of rotatable bonds is 9. The van der Waals surface area contributed by atoms with Gasteiger partial charge in [-0.2, -0.15) is 0 Å². The van der Waals surface area contributed by atoms with Crippen molar-refractivity contribution >= 4 is 5.97 Å². The molecule has 0 aliphatic heterocycles. The minimum atomic E-state index is -0.769. The summed E-state index contributed by atoms with van der Waals surface area (Å²) < 4.78 is 0. The van der Waals surface area contributed by atoms with Crippen molar-refractivity contribution in [1.82, 2.24) is 0 Å². The minimum Gasteiger partial charge on any atom is -0.481 e. The molecule has 0 aromatic rings. The summed E-state index contributed by atoms with van der Waals surface area (Å²) in [5.74, 6) is -0.0663. The van der Waals surface area contributed by atoms with Crippen LogP contribution in [0.4, 0.5) is 0 Å². The average molecular weight is 284 g/mol. The first-order valence-electron chi connectivity index (χ1n) is 7.56. The molecule has 0 amide bonds. The van der Waals surface area contributed by atoms with Crippen LogP contribution < -0.4 is 0 Å². The lowest BCUT2D eigenvalue weighted by Crippen LogP contribution is -1.91. The van der Waals surface area contributed by atoms with Crippen molar-refractivity contribution in [2.45, 2.75) is 66.2 Å². The van der Waals surface area contributed by atoms with E-state index in [0.29, 0.717) is 12.5 Å². The number of aliphatic carboxylic acids is 1. The number of carboxylic acid groups (broad SMARTS) is 1. The van der Waals surface area contributed by atoms with E-state index in [1.54, 1.807) is 6.08 Å². The molecule has 0 fully saturated rings. The molecule has 1 atom stereocenters. The van der Waals surface area contributed by atoms with E-state index in [2.05, 4.69) is 26.8 Å². The average Bonchev–Trinajstić information content (AvgIpc) is 2.34. The monoisotopic (exact) mass is 284 g/mol. The molecule has 0 aromatic heterocycles. The lowest BCUT2D eigenvalue weighted by atomic mass is 10.0. The van der Waals surface area contributed by atoms with Gasteiger partial charge in [-0.3, -0.25) is 4.79 Å². The third-order valence-electron chi connectivity index (χ3n) is 2.63. The van der Waals surface area contributed by atoms with Crippen LogP contribution in [0.5, 0.6) is 0 Å². The normalized spacial score (nSPS) is 11.7. The number of aliphatic hydroxyl groups is 1. The summed E-state index contributed by atoms with van der Waals surface area (Å²) in [6.07, 6.45) is 11.5. The molecule has 0 heterocycles. The second-order valence-corrected chi connectivity index (χ2v) is 5.27. The van der Waals surface area contributed by atoms with Crippen molar-refractivity contribution in [3.05, 3.63) is 23.8 Å². The van der Waals surface area contributed by atoms with Gasteiger partial charge in [0.1, 0.15) is 0 Å². The number of aliphatic hydroxyl groups excluding tert-OH is 1. The second-order valence-electron chi connectivity index (χ2n) is 5.27. The standard InChI is InChI=1S/C11H22O.C6H10O2/c1-10(2)9-11(3)7-5-4-6-8-12;1-2-3-4-5-6(7)8/h9,11-12H,4-8H2,1-3H3;3-4H,2,5H2,1H3,(H,7,8). The number of hydrogen-bond acceptors (Lipinski definition) is 2. The SMILES string of the molecule is CC(C)=CC(C)CCCCCO.CCC=CCC(=O)O. The van der Waals surface area contributed by atoms with Gasteiger partial charge in [-0.25, -0.2) is 0 Å². The Morgan fingerprint density at radius 1 is 1.15 bits per heavy atom. The third kappa shape index (κ3) is 22.1. The van der Waals surface area contributed by atoms with E-state index in [9.17, 15) is 4.79 Å². The van der Waals surface area contributed by atoms with Gasteiger partial charge in [0.25, 0.3) is 0 Å². The van der Waals surface area contributed by atoms with Gasteiger partial charge in [0.15, 0.2) is 0 Å². The maximum atomic E-state index is 9.82. The highest BCUT2D eigenvalue weighted by molar-refractivity contribution is 5.68. The molecule has 118 valence electrons. The second kappa shape index (κ2) is 16.0. The van der Waals surface area contributed by atoms with E-state index < -0.39 is 5.97 Å². The number of unbranched alkanes of at least 4 members (excludes halogenated alkanes) is 2. The van der Waals surface area contributed by atoms with Crippen LogP contribution in [0.3, 0.4) is 0 Å². The predicted molar refractivity (Wildman–Crippen MR) is 85.8 cm³/mol. The van der Waals surface area contributed by atoms with Crippen LogP contribution in [0.25, 0.3) is 0 Å². The number of allylic oxidation sites excluding steroid dienone is 3. The summed E-state index contributed by atoms with van der Waals surface area (Å²) in [4.78, 5) is 9.82. The fourth-order valence-electron chi connectivity index (χ4n) is 1.76. The zero-order chi connectivity index (χ0) is 15.8. The van der Waals surface area contributed by atoms with Crippen molar-refractivity contribution in [2.24, 2.45) is 5.92 Å². The third-order valence-corrected chi connectivity index (χ3v) is 2.63. The van der Waals surface area contributed by atoms with Gasteiger partial charge in [-0.15, -0.1) is 0 Å². The molecular formula is C17H32O3. The Kier molecular flexibility index (Phi) is 16.9. The van der Waals surface area contributed by atoms with E-state index in [1.165, 1.54) is 18.4 Å². The largest absolute Gasteiger partial charge is 0.481 e. The van der Waals surface area contributed by atoms with Crippen LogP contribution in [-0.2, 0) is 4.79 Å². The number of carboxylic acids is 1. The maximum absolute atomic E-state index is 9.82. The molecule has 0 aliphatic rings. The van der Waals surface area contributed by atoms with Crippen LogP contribution in [0.2, 0.25) is 0 Å². The van der Waals surface area contributed by atoms with Crippen molar-refractivity contribution in [2.75, 3.05) is 6.61 Å². The Labute approximate surface area is 124 Å². The first kappa shape index (κ1) is 21.2. The van der Waals surface area contributed by atoms with Gasteiger partial charge in [0, 0.05) is 6.61 Å². The molecule has 0 rings (SSSR count). The van der Waals surface area contributed by atoms with Gasteiger partial charge in [-0.05, 0) is 39.0 Å². The predicted octanol–water partition coefficient (Wildman–Crippen LogP) is 4.57. The van der Waals surface area contributed by atoms with E-state index in [-0.39, 0.29) is 6.42 Å². The zero-order valence-electron chi connectivity index (χ0n) is 13.6. The molecule has 0 radical (unpaired) electrons. The topological polar surface area (TPSA) is 57.5 Å². The fraction of sp³-hybridized carbons (Fsp3) is 0.706. The van der Waals surface area contributed by atoms with Gasteiger partial charge in [0.05, 0.1) is 6.42 Å². The summed E-state index contributed by atoms with van der Waals surface area (Å²) in [7, 11) is 0. The Morgan fingerprint density at radius 2 is 1.80 bits per heavy atom. The summed E-state index contributed by atoms with van der Waals surface area (Å²) in [6.45, 7) is 8.86. The van der Waals surface area contributed by atoms with Crippen molar-refractivity contribution in [3.63, 3.8) is 0 Å². The molecule has 0 spiro atoms. The van der Waals surface area contributed by atoms with Gasteiger partial charge in [-0.1, -0.05) is 50.5 Å². The molecule has 0 aliphatic carbocycles. The van der Waals surface area contributed by atoms with Crippen LogP contribution in [0, 0.1) is 5.92 Å². The number of carbonyl (C=O) groups is 1. The summed E-state index contributed by atoms with van der Waals surface area (Å²) in [6, 6.07) is 0. The molecule has 20 heavy (non-hydrogen) atoms. The first-order chi connectivity index (χ1) is 9.43. The van der Waals surface area contributed by atoms with Crippen molar-refractivity contribution in [3.8, 4) is 0 Å². The zero-order valence-corrected chi connectivity index (χ0v) is 13.6. The summed E-state index contributed by atoms with van der Waals surface area (Å²) in [5.41, 5.74) is 1.41. The van der Waals surface area contributed by atoms with Gasteiger partial charge in [0.2, 0.25) is 0 Å². The van der Waals surface area contributed by atoms with Crippen LogP contribution in [0.15, 0.2) is 23.8 Å². The molecule has 0 bridgehead atoms.